The first kappa shape index (κ1) is 23.8. The highest BCUT2D eigenvalue weighted by Crippen LogP contribution is 2.44. The van der Waals surface area contributed by atoms with E-state index in [4.69, 9.17) is 9.47 Å². The van der Waals surface area contributed by atoms with Gasteiger partial charge in [0.1, 0.15) is 12.5 Å². The smallest absolute Gasteiger partial charge is 0.407 e. The van der Waals surface area contributed by atoms with Crippen LogP contribution in [0.25, 0.3) is 11.1 Å². The van der Waals surface area contributed by atoms with Crippen molar-refractivity contribution >= 4 is 18.0 Å². The molecule has 8 nitrogen and oxygen atoms in total. The van der Waals surface area contributed by atoms with Gasteiger partial charge in [0.2, 0.25) is 5.91 Å². The number of amides is 2. The molecular formula is C26H30N2O6. The third kappa shape index (κ3) is 5.07. The van der Waals surface area contributed by atoms with Crippen LogP contribution in [-0.2, 0) is 19.1 Å². The third-order valence-corrected chi connectivity index (χ3v) is 6.60. The van der Waals surface area contributed by atoms with Crippen molar-refractivity contribution in [2.24, 2.45) is 11.8 Å². The maximum atomic E-state index is 12.6. The van der Waals surface area contributed by atoms with Crippen LogP contribution in [0.15, 0.2) is 48.5 Å². The number of hydrogen-bond acceptors (Lipinski definition) is 5. The Morgan fingerprint density at radius 3 is 2.24 bits per heavy atom. The molecule has 1 saturated heterocycles. The molecule has 1 aliphatic carbocycles. The Hall–Kier alpha value is -3.39. The number of rotatable bonds is 8. The summed E-state index contributed by atoms with van der Waals surface area (Å²) in [7, 11) is 0. The Labute approximate surface area is 198 Å². The molecule has 0 radical (unpaired) electrons. The van der Waals surface area contributed by atoms with Gasteiger partial charge in [0.15, 0.2) is 0 Å². The van der Waals surface area contributed by atoms with Crippen LogP contribution < -0.4 is 10.6 Å². The summed E-state index contributed by atoms with van der Waals surface area (Å²) in [5.74, 6) is -2.17. The lowest BCUT2D eigenvalue weighted by Crippen LogP contribution is -2.47. The van der Waals surface area contributed by atoms with Crippen molar-refractivity contribution in [3.63, 3.8) is 0 Å². The van der Waals surface area contributed by atoms with Gasteiger partial charge in [0, 0.05) is 18.4 Å². The van der Waals surface area contributed by atoms with Crippen molar-refractivity contribution in [2.45, 2.75) is 38.3 Å². The van der Waals surface area contributed by atoms with E-state index in [1.165, 1.54) is 0 Å². The molecule has 0 spiro atoms. The van der Waals surface area contributed by atoms with E-state index >= 15 is 0 Å². The third-order valence-electron chi connectivity index (χ3n) is 6.60. The zero-order chi connectivity index (χ0) is 24.2. The Kier molecular flexibility index (Phi) is 7.17. The SMILES string of the molecule is CC(C)[C@H](CC(=O)NC1COCC1C(=O)O)NC(=O)OCC1c2ccccc2-c2ccccc21. The van der Waals surface area contributed by atoms with Gasteiger partial charge in [-0.2, -0.15) is 0 Å². The summed E-state index contributed by atoms with van der Waals surface area (Å²) in [6.07, 6.45) is -0.564. The highest BCUT2D eigenvalue weighted by atomic mass is 16.5. The summed E-state index contributed by atoms with van der Waals surface area (Å²) in [4.78, 5) is 36.5. The molecule has 1 aliphatic heterocycles. The van der Waals surface area contributed by atoms with Gasteiger partial charge in [0.25, 0.3) is 0 Å². The zero-order valence-corrected chi connectivity index (χ0v) is 19.3. The highest BCUT2D eigenvalue weighted by Gasteiger charge is 2.35. The number of fused-ring (bicyclic) bond motifs is 3. The molecular weight excluding hydrogens is 436 g/mol. The first-order valence-electron chi connectivity index (χ1n) is 11.6. The van der Waals surface area contributed by atoms with Crippen LogP contribution in [0.4, 0.5) is 4.79 Å². The fourth-order valence-electron chi connectivity index (χ4n) is 4.65. The standard InChI is InChI=1S/C26H30N2O6/c1-15(2)22(11-24(29)27-23-14-33-12-21(23)25(30)31)28-26(32)34-13-20-18-9-5-3-7-16(18)17-8-4-6-10-19(17)20/h3-10,15,20-23H,11-14H2,1-2H3,(H,27,29)(H,28,32)(H,30,31)/t21?,22-,23?/m0/s1. The molecule has 2 unspecified atom stereocenters. The number of alkyl carbamates (subject to hydrolysis) is 1. The van der Waals surface area contributed by atoms with Crippen LogP contribution in [0.2, 0.25) is 0 Å². The summed E-state index contributed by atoms with van der Waals surface area (Å²) in [6.45, 7) is 4.23. The molecule has 0 saturated carbocycles. The molecule has 8 heteroatoms. The van der Waals surface area contributed by atoms with Crippen molar-refractivity contribution in [3.8, 4) is 11.1 Å². The van der Waals surface area contributed by atoms with Gasteiger partial charge in [-0.05, 0) is 28.2 Å². The second kappa shape index (κ2) is 10.3. The van der Waals surface area contributed by atoms with Gasteiger partial charge in [0.05, 0.1) is 19.3 Å². The molecule has 34 heavy (non-hydrogen) atoms. The largest absolute Gasteiger partial charge is 0.481 e. The quantitative estimate of drug-likeness (QED) is 0.551. The van der Waals surface area contributed by atoms with Crippen LogP contribution >= 0.6 is 0 Å². The number of carbonyl (C=O) groups excluding carboxylic acids is 2. The van der Waals surface area contributed by atoms with Gasteiger partial charge in [-0.15, -0.1) is 0 Å². The molecule has 3 N–H and O–H groups in total. The Morgan fingerprint density at radius 2 is 1.65 bits per heavy atom. The van der Waals surface area contributed by atoms with E-state index in [9.17, 15) is 19.5 Å². The number of benzene rings is 2. The number of nitrogens with one attached hydrogen (secondary N) is 2. The summed E-state index contributed by atoms with van der Waals surface area (Å²) in [5, 5.41) is 14.8. The van der Waals surface area contributed by atoms with Crippen LogP contribution in [0.5, 0.6) is 0 Å². The molecule has 3 atom stereocenters. The van der Waals surface area contributed by atoms with E-state index in [0.29, 0.717) is 0 Å². The van der Waals surface area contributed by atoms with Crippen molar-refractivity contribution in [2.75, 3.05) is 19.8 Å². The molecule has 2 amide bonds. The van der Waals surface area contributed by atoms with Crippen LogP contribution in [-0.4, -0.2) is 55.0 Å². The normalized spacial score (nSPS) is 19.9. The second-order valence-corrected chi connectivity index (χ2v) is 9.18. The van der Waals surface area contributed by atoms with Crippen molar-refractivity contribution in [3.05, 3.63) is 59.7 Å². The minimum atomic E-state index is -1.00. The average molecular weight is 467 g/mol. The number of ether oxygens (including phenoxy) is 2. The van der Waals surface area contributed by atoms with Gasteiger partial charge in [-0.1, -0.05) is 62.4 Å². The monoisotopic (exact) mass is 466 g/mol. The van der Waals surface area contributed by atoms with E-state index < -0.39 is 30.1 Å². The summed E-state index contributed by atoms with van der Waals surface area (Å²) < 4.78 is 10.8. The maximum Gasteiger partial charge on any atom is 0.407 e. The second-order valence-electron chi connectivity index (χ2n) is 9.18. The summed E-state index contributed by atoms with van der Waals surface area (Å²) >= 11 is 0. The van der Waals surface area contributed by atoms with E-state index in [1.807, 2.05) is 38.1 Å². The number of carboxylic acid groups (broad SMARTS) is 1. The number of carbonyl (C=O) groups is 3. The minimum absolute atomic E-state index is 0.0186. The molecule has 0 bridgehead atoms. The first-order chi connectivity index (χ1) is 16.3. The fourth-order valence-corrected chi connectivity index (χ4v) is 4.65. The molecule has 1 fully saturated rings. The summed E-state index contributed by atoms with van der Waals surface area (Å²) in [5.41, 5.74) is 4.56. The lowest BCUT2D eigenvalue weighted by atomic mass is 9.98. The van der Waals surface area contributed by atoms with Crippen molar-refractivity contribution < 1.29 is 29.0 Å². The number of aliphatic carboxylic acids is 1. The Balaban J connectivity index is 1.34. The minimum Gasteiger partial charge on any atom is -0.481 e. The zero-order valence-electron chi connectivity index (χ0n) is 19.3. The predicted octanol–water partition coefficient (Wildman–Crippen LogP) is 3.16. The number of hydrogen-bond donors (Lipinski definition) is 3. The molecule has 2 aromatic carbocycles. The van der Waals surface area contributed by atoms with Crippen LogP contribution in [0, 0.1) is 11.8 Å². The Morgan fingerprint density at radius 1 is 1.03 bits per heavy atom. The highest BCUT2D eigenvalue weighted by molar-refractivity contribution is 5.80. The lowest BCUT2D eigenvalue weighted by Gasteiger charge is -2.24. The maximum absolute atomic E-state index is 12.6. The Bertz CT molecular complexity index is 1020. The first-order valence-corrected chi connectivity index (χ1v) is 11.6. The van der Waals surface area contributed by atoms with E-state index in [1.54, 1.807) is 0 Å². The molecule has 0 aromatic heterocycles. The van der Waals surface area contributed by atoms with Gasteiger partial charge < -0.3 is 25.2 Å². The molecule has 1 heterocycles. The van der Waals surface area contributed by atoms with E-state index in [2.05, 4.69) is 34.9 Å². The van der Waals surface area contributed by atoms with Gasteiger partial charge >= 0.3 is 12.1 Å². The lowest BCUT2D eigenvalue weighted by molar-refractivity contribution is -0.142. The van der Waals surface area contributed by atoms with E-state index in [0.717, 1.165) is 22.3 Å². The molecule has 2 aliphatic rings. The van der Waals surface area contributed by atoms with Gasteiger partial charge in [-0.25, -0.2) is 4.79 Å². The average Bonchev–Trinajstić information content (AvgIpc) is 3.40. The molecule has 2 aromatic rings. The van der Waals surface area contributed by atoms with Crippen LogP contribution in [0.1, 0.15) is 37.3 Å². The fraction of sp³-hybridized carbons (Fsp3) is 0.423. The van der Waals surface area contributed by atoms with Crippen molar-refractivity contribution in [1.82, 2.24) is 10.6 Å². The molecule has 180 valence electrons. The van der Waals surface area contributed by atoms with Crippen LogP contribution in [0.3, 0.4) is 0 Å². The van der Waals surface area contributed by atoms with E-state index in [-0.39, 0.29) is 44.0 Å². The summed E-state index contributed by atoms with van der Waals surface area (Å²) in [6, 6.07) is 15.2. The topological polar surface area (TPSA) is 114 Å². The molecule has 4 rings (SSSR count). The van der Waals surface area contributed by atoms with Gasteiger partial charge in [-0.3, -0.25) is 9.59 Å². The number of carboxylic acids is 1. The predicted molar refractivity (Wildman–Crippen MR) is 125 cm³/mol. The van der Waals surface area contributed by atoms with Crippen molar-refractivity contribution in [1.29, 1.82) is 0 Å².